The summed E-state index contributed by atoms with van der Waals surface area (Å²) in [5, 5.41) is 17.6. The van der Waals surface area contributed by atoms with E-state index >= 15 is 0 Å². The first-order valence-electron chi connectivity index (χ1n) is 4.89. The fraction of sp³-hybridized carbons (Fsp3) is 0.636. The smallest absolute Gasteiger partial charge is 0.197 e. The molecule has 0 fully saturated rings. The number of rotatable bonds is 6. The molecular weight excluding hydrogens is 217 g/mol. The molecule has 0 atom stereocenters. The fourth-order valence-corrected chi connectivity index (χ4v) is 1.28. The predicted octanol–water partition coefficient (Wildman–Crippen LogP) is 3.72. The van der Waals surface area contributed by atoms with Crippen molar-refractivity contribution in [2.75, 3.05) is 0 Å². The van der Waals surface area contributed by atoms with Crippen LogP contribution in [0, 0.1) is 28.1 Å². The Kier molecular flexibility index (Phi) is 5.60. The molecule has 0 N–H and O–H groups in total. The largest absolute Gasteiger partial charge is 0.389 e. The van der Waals surface area contributed by atoms with E-state index in [4.69, 9.17) is 10.5 Å². The molecule has 0 saturated heterocycles. The Morgan fingerprint density at radius 1 is 1.06 bits per heavy atom. The average Bonchev–Trinajstić information content (AvgIpc) is 2.23. The Morgan fingerprint density at radius 3 is 2.00 bits per heavy atom. The molecule has 0 unspecified atom stereocenters. The van der Waals surface area contributed by atoms with E-state index in [0.29, 0.717) is 12.8 Å². The molecule has 0 heterocycles. The molecule has 0 aromatic heterocycles. The first-order chi connectivity index (χ1) is 7.39. The highest BCUT2D eigenvalue weighted by Crippen LogP contribution is 2.34. The van der Waals surface area contributed by atoms with Crippen molar-refractivity contribution < 1.29 is 13.2 Å². The molecule has 0 aromatic rings. The Bertz CT molecular complexity index is 293. The Hall–Kier alpha value is -1.49. The Balaban J connectivity index is 4.41. The lowest BCUT2D eigenvalue weighted by atomic mass is 9.81. The van der Waals surface area contributed by atoms with Crippen molar-refractivity contribution in [3.05, 3.63) is 12.7 Å². The van der Waals surface area contributed by atoms with Gasteiger partial charge in [-0.1, -0.05) is 6.08 Å². The SMILES string of the molecule is C=CCCCC(C#N)(C#N)CCC(F)(F)F. The van der Waals surface area contributed by atoms with Gasteiger partial charge in [0.2, 0.25) is 0 Å². The van der Waals surface area contributed by atoms with Gasteiger partial charge >= 0.3 is 6.18 Å². The first kappa shape index (κ1) is 14.5. The highest BCUT2D eigenvalue weighted by molar-refractivity contribution is 5.13. The van der Waals surface area contributed by atoms with Crippen molar-refractivity contribution in [1.29, 1.82) is 10.5 Å². The van der Waals surface area contributed by atoms with Crippen LogP contribution < -0.4 is 0 Å². The molecule has 0 saturated carbocycles. The molecule has 88 valence electrons. The number of halogens is 3. The summed E-state index contributed by atoms with van der Waals surface area (Å²) < 4.78 is 36.0. The summed E-state index contributed by atoms with van der Waals surface area (Å²) in [6.45, 7) is 3.47. The van der Waals surface area contributed by atoms with Gasteiger partial charge in [0.05, 0.1) is 12.1 Å². The highest BCUT2D eigenvalue weighted by atomic mass is 19.4. The van der Waals surface area contributed by atoms with Crippen molar-refractivity contribution in [3.8, 4) is 12.1 Å². The minimum Gasteiger partial charge on any atom is -0.197 e. The van der Waals surface area contributed by atoms with Gasteiger partial charge in [0, 0.05) is 6.42 Å². The van der Waals surface area contributed by atoms with E-state index < -0.39 is 24.4 Å². The maximum atomic E-state index is 12.0. The van der Waals surface area contributed by atoms with Crippen molar-refractivity contribution in [2.24, 2.45) is 5.41 Å². The van der Waals surface area contributed by atoms with Crippen LogP contribution in [0.25, 0.3) is 0 Å². The van der Waals surface area contributed by atoms with Crippen LogP contribution in [0.3, 0.4) is 0 Å². The van der Waals surface area contributed by atoms with Crippen LogP contribution in [0.5, 0.6) is 0 Å². The predicted molar refractivity (Wildman–Crippen MR) is 53.0 cm³/mol. The van der Waals surface area contributed by atoms with Crippen LogP contribution in [-0.2, 0) is 0 Å². The zero-order valence-corrected chi connectivity index (χ0v) is 8.85. The van der Waals surface area contributed by atoms with Crippen molar-refractivity contribution in [3.63, 3.8) is 0 Å². The monoisotopic (exact) mass is 230 g/mol. The Morgan fingerprint density at radius 2 is 1.62 bits per heavy atom. The second-order valence-corrected chi connectivity index (χ2v) is 3.60. The second-order valence-electron chi connectivity index (χ2n) is 3.60. The van der Waals surface area contributed by atoms with Gasteiger partial charge in [-0.25, -0.2) is 0 Å². The van der Waals surface area contributed by atoms with Gasteiger partial charge in [-0.05, 0) is 25.7 Å². The Labute approximate surface area is 93.0 Å². The first-order valence-corrected chi connectivity index (χ1v) is 4.89. The molecule has 0 amide bonds. The quantitative estimate of drug-likeness (QED) is 0.515. The van der Waals surface area contributed by atoms with E-state index in [-0.39, 0.29) is 6.42 Å². The van der Waals surface area contributed by atoms with E-state index in [0.717, 1.165) is 0 Å². The second kappa shape index (κ2) is 6.17. The maximum absolute atomic E-state index is 12.0. The third kappa shape index (κ3) is 5.41. The van der Waals surface area contributed by atoms with Crippen molar-refractivity contribution in [2.45, 2.75) is 38.3 Å². The standard InChI is InChI=1S/C11H13F3N2/c1-2-3-4-5-10(8-15,9-16)6-7-11(12,13)14/h2H,1,3-7H2. The lowest BCUT2D eigenvalue weighted by Gasteiger charge is -2.18. The molecule has 0 aliphatic heterocycles. The van der Waals surface area contributed by atoms with Gasteiger partial charge < -0.3 is 0 Å². The summed E-state index contributed by atoms with van der Waals surface area (Å²) in [5.74, 6) is 0. The summed E-state index contributed by atoms with van der Waals surface area (Å²) in [4.78, 5) is 0. The summed E-state index contributed by atoms with van der Waals surface area (Å²) in [6.07, 6.45) is -3.01. The summed E-state index contributed by atoms with van der Waals surface area (Å²) in [7, 11) is 0. The van der Waals surface area contributed by atoms with Crippen molar-refractivity contribution >= 4 is 0 Å². The molecular formula is C11H13F3N2. The molecule has 0 aliphatic carbocycles. The molecule has 5 heteroatoms. The molecule has 0 bridgehead atoms. The topological polar surface area (TPSA) is 47.6 Å². The zero-order valence-electron chi connectivity index (χ0n) is 8.85. The minimum atomic E-state index is -4.32. The van der Waals surface area contributed by atoms with Crippen LogP contribution in [-0.4, -0.2) is 6.18 Å². The summed E-state index contributed by atoms with van der Waals surface area (Å²) in [6, 6.07) is 3.40. The van der Waals surface area contributed by atoms with Crippen molar-refractivity contribution in [1.82, 2.24) is 0 Å². The van der Waals surface area contributed by atoms with Crippen LogP contribution in [0.15, 0.2) is 12.7 Å². The van der Waals surface area contributed by atoms with Gasteiger partial charge in [-0.2, -0.15) is 23.7 Å². The van der Waals surface area contributed by atoms with Gasteiger partial charge in [-0.3, -0.25) is 0 Å². The number of hydrogen-bond acceptors (Lipinski definition) is 2. The molecule has 0 aliphatic rings. The lowest BCUT2D eigenvalue weighted by molar-refractivity contribution is -0.138. The third-order valence-electron chi connectivity index (χ3n) is 2.28. The average molecular weight is 230 g/mol. The molecule has 2 nitrogen and oxygen atoms in total. The number of alkyl halides is 3. The number of allylic oxidation sites excluding steroid dienone is 1. The van der Waals surface area contributed by atoms with Gasteiger partial charge in [0.1, 0.15) is 5.41 Å². The molecule has 0 rings (SSSR count). The van der Waals surface area contributed by atoms with E-state index in [1.54, 1.807) is 18.2 Å². The molecule has 0 radical (unpaired) electrons. The van der Waals surface area contributed by atoms with Crippen LogP contribution in [0.2, 0.25) is 0 Å². The molecule has 16 heavy (non-hydrogen) atoms. The third-order valence-corrected chi connectivity index (χ3v) is 2.28. The van der Waals surface area contributed by atoms with Gasteiger partial charge in [0.25, 0.3) is 0 Å². The van der Waals surface area contributed by atoms with Crippen LogP contribution in [0.4, 0.5) is 13.2 Å². The molecule has 0 aromatic carbocycles. The highest BCUT2D eigenvalue weighted by Gasteiger charge is 2.36. The van der Waals surface area contributed by atoms with E-state index in [1.807, 2.05) is 0 Å². The minimum absolute atomic E-state index is 0.155. The normalized spacial score (nSPS) is 11.6. The van der Waals surface area contributed by atoms with Crippen LogP contribution in [0.1, 0.15) is 32.1 Å². The molecule has 0 spiro atoms. The van der Waals surface area contributed by atoms with Gasteiger partial charge in [-0.15, -0.1) is 6.58 Å². The summed E-state index contributed by atoms with van der Waals surface area (Å²) >= 11 is 0. The van der Waals surface area contributed by atoms with E-state index in [2.05, 4.69) is 6.58 Å². The number of nitrogens with zero attached hydrogens (tertiary/aromatic N) is 2. The maximum Gasteiger partial charge on any atom is 0.389 e. The lowest BCUT2D eigenvalue weighted by Crippen LogP contribution is -2.20. The van der Waals surface area contributed by atoms with E-state index in [9.17, 15) is 13.2 Å². The zero-order chi connectivity index (χ0) is 12.7. The number of unbranched alkanes of at least 4 members (excludes halogenated alkanes) is 1. The van der Waals surface area contributed by atoms with Gasteiger partial charge in [0.15, 0.2) is 0 Å². The summed E-state index contributed by atoms with van der Waals surface area (Å²) in [5.41, 5.74) is -1.52. The van der Waals surface area contributed by atoms with E-state index in [1.165, 1.54) is 0 Å². The number of nitriles is 2. The number of hydrogen-bond donors (Lipinski definition) is 0. The fourth-order valence-electron chi connectivity index (χ4n) is 1.28. The van der Waals surface area contributed by atoms with Crippen LogP contribution >= 0.6 is 0 Å².